The lowest BCUT2D eigenvalue weighted by Gasteiger charge is -2.07. The van der Waals surface area contributed by atoms with Gasteiger partial charge in [0.05, 0.1) is 24.3 Å². The van der Waals surface area contributed by atoms with Crippen LogP contribution in [-0.2, 0) is 14.3 Å². The summed E-state index contributed by atoms with van der Waals surface area (Å²) in [6.45, 7) is 0.141. The van der Waals surface area contributed by atoms with Crippen molar-refractivity contribution in [2.75, 3.05) is 32.2 Å². The zero-order chi connectivity index (χ0) is 14.3. The molecule has 1 aromatic rings. The predicted molar refractivity (Wildman–Crippen MR) is 64.4 cm³/mol. The molecule has 104 valence electrons. The minimum Gasteiger partial charge on any atom is -0.467 e. The molecule has 19 heavy (non-hydrogen) atoms. The smallest absolute Gasteiger partial charge is 0.331 e. The first-order valence-corrected chi connectivity index (χ1v) is 5.37. The van der Waals surface area contributed by atoms with E-state index in [4.69, 9.17) is 4.74 Å². The summed E-state index contributed by atoms with van der Waals surface area (Å²) in [6, 6.07) is 3.18. The monoisotopic (exact) mass is 272 g/mol. The molecular formula is C11H13FN2O5. The molecule has 0 aliphatic heterocycles. The molecule has 0 unspecified atom stereocenters. The number of halogens is 1. The lowest BCUT2D eigenvalue weighted by atomic mass is 10.2. The van der Waals surface area contributed by atoms with Gasteiger partial charge in [-0.15, -0.1) is 0 Å². The lowest BCUT2D eigenvalue weighted by molar-refractivity contribution is -0.384. The van der Waals surface area contributed by atoms with Crippen molar-refractivity contribution in [3.05, 3.63) is 34.1 Å². The highest BCUT2D eigenvalue weighted by Gasteiger charge is 2.10. The first-order valence-electron chi connectivity index (χ1n) is 5.37. The van der Waals surface area contributed by atoms with Crippen LogP contribution < -0.4 is 5.32 Å². The molecule has 0 aromatic heterocycles. The van der Waals surface area contributed by atoms with Gasteiger partial charge in [0, 0.05) is 18.7 Å². The second kappa shape index (κ2) is 7.27. The van der Waals surface area contributed by atoms with E-state index in [2.05, 4.69) is 10.1 Å². The van der Waals surface area contributed by atoms with Crippen molar-refractivity contribution in [2.24, 2.45) is 0 Å². The first kappa shape index (κ1) is 14.8. The van der Waals surface area contributed by atoms with E-state index in [1.54, 1.807) is 0 Å². The molecule has 1 N–H and O–H groups in total. The number of benzene rings is 1. The SMILES string of the molecule is COC(=O)COCCNc1cc([N+](=O)[O-])ccc1F. The Hall–Kier alpha value is -2.22. The molecule has 0 saturated carbocycles. The van der Waals surface area contributed by atoms with Gasteiger partial charge in [0.2, 0.25) is 0 Å². The maximum Gasteiger partial charge on any atom is 0.331 e. The molecule has 0 fully saturated rings. The number of esters is 1. The summed E-state index contributed by atoms with van der Waals surface area (Å²) in [4.78, 5) is 20.6. The molecule has 0 atom stereocenters. The third-order valence-electron chi connectivity index (χ3n) is 2.17. The minimum atomic E-state index is -0.613. The molecule has 0 amide bonds. The van der Waals surface area contributed by atoms with E-state index in [-0.39, 0.29) is 31.1 Å². The van der Waals surface area contributed by atoms with Gasteiger partial charge >= 0.3 is 5.97 Å². The molecular weight excluding hydrogens is 259 g/mol. The number of non-ortho nitro benzene ring substituents is 1. The lowest BCUT2D eigenvalue weighted by Crippen LogP contribution is -2.16. The van der Waals surface area contributed by atoms with Crippen LogP contribution in [0.15, 0.2) is 18.2 Å². The Balaban J connectivity index is 2.42. The second-order valence-corrected chi connectivity index (χ2v) is 3.48. The Morgan fingerprint density at radius 3 is 2.89 bits per heavy atom. The Morgan fingerprint density at radius 1 is 1.53 bits per heavy atom. The molecule has 0 bridgehead atoms. The van der Waals surface area contributed by atoms with Crippen molar-refractivity contribution >= 4 is 17.3 Å². The molecule has 1 rings (SSSR count). The van der Waals surface area contributed by atoms with Crippen molar-refractivity contribution < 1.29 is 23.6 Å². The number of hydrogen-bond acceptors (Lipinski definition) is 6. The van der Waals surface area contributed by atoms with Gasteiger partial charge in [-0.3, -0.25) is 10.1 Å². The predicted octanol–water partition coefficient (Wildman–Crippen LogP) is 1.34. The molecule has 0 saturated heterocycles. The summed E-state index contributed by atoms with van der Waals surface area (Å²) >= 11 is 0. The summed E-state index contributed by atoms with van der Waals surface area (Å²) in [6.07, 6.45) is 0. The van der Waals surface area contributed by atoms with Crippen LogP contribution in [0.5, 0.6) is 0 Å². The number of ether oxygens (including phenoxy) is 2. The van der Waals surface area contributed by atoms with Crippen molar-refractivity contribution in [3.63, 3.8) is 0 Å². The second-order valence-electron chi connectivity index (χ2n) is 3.48. The normalized spacial score (nSPS) is 10.0. The molecule has 0 radical (unpaired) electrons. The zero-order valence-electron chi connectivity index (χ0n) is 10.2. The molecule has 1 aromatic carbocycles. The zero-order valence-corrected chi connectivity index (χ0v) is 10.2. The van der Waals surface area contributed by atoms with E-state index in [0.29, 0.717) is 0 Å². The standard InChI is InChI=1S/C11H13FN2O5/c1-18-11(15)7-19-5-4-13-10-6-8(14(16)17)2-3-9(10)12/h2-3,6,13H,4-5,7H2,1H3. The Labute approximate surface area is 108 Å². The number of nitro groups is 1. The van der Waals surface area contributed by atoms with Crippen molar-refractivity contribution in [2.45, 2.75) is 0 Å². The molecule has 7 nitrogen and oxygen atoms in total. The van der Waals surface area contributed by atoms with Crippen LogP contribution in [0.1, 0.15) is 0 Å². The fourth-order valence-electron chi connectivity index (χ4n) is 1.23. The molecule has 0 aliphatic carbocycles. The van der Waals surface area contributed by atoms with Crippen LogP contribution >= 0.6 is 0 Å². The van der Waals surface area contributed by atoms with Crippen LogP contribution in [0.25, 0.3) is 0 Å². The fourth-order valence-corrected chi connectivity index (χ4v) is 1.23. The summed E-state index contributed by atoms with van der Waals surface area (Å²) < 4.78 is 22.6. The number of hydrogen-bond donors (Lipinski definition) is 1. The van der Waals surface area contributed by atoms with E-state index in [9.17, 15) is 19.3 Å². The van der Waals surface area contributed by atoms with Crippen LogP contribution in [0.4, 0.5) is 15.8 Å². The number of rotatable bonds is 7. The molecule has 0 heterocycles. The van der Waals surface area contributed by atoms with E-state index in [1.165, 1.54) is 7.11 Å². The quantitative estimate of drug-likeness (QED) is 0.348. The third kappa shape index (κ3) is 4.88. The Morgan fingerprint density at radius 2 is 2.26 bits per heavy atom. The Kier molecular flexibility index (Phi) is 5.68. The van der Waals surface area contributed by atoms with Crippen LogP contribution in [-0.4, -0.2) is 37.8 Å². The maximum absolute atomic E-state index is 13.3. The van der Waals surface area contributed by atoms with Gasteiger partial charge in [-0.1, -0.05) is 0 Å². The molecule has 8 heteroatoms. The number of carbonyl (C=O) groups is 1. The molecule has 0 spiro atoms. The third-order valence-corrected chi connectivity index (χ3v) is 2.17. The number of carbonyl (C=O) groups excluding carboxylic acids is 1. The van der Waals surface area contributed by atoms with Crippen molar-refractivity contribution in [1.29, 1.82) is 0 Å². The number of anilines is 1. The van der Waals surface area contributed by atoms with Gasteiger partial charge in [-0.25, -0.2) is 9.18 Å². The van der Waals surface area contributed by atoms with Crippen molar-refractivity contribution in [1.82, 2.24) is 0 Å². The van der Waals surface area contributed by atoms with Crippen molar-refractivity contribution in [3.8, 4) is 0 Å². The summed E-state index contributed by atoms with van der Waals surface area (Å²) in [5, 5.41) is 13.2. The highest BCUT2D eigenvalue weighted by atomic mass is 19.1. The average Bonchev–Trinajstić information content (AvgIpc) is 2.39. The van der Waals surface area contributed by atoms with Crippen LogP contribution in [0.2, 0.25) is 0 Å². The minimum absolute atomic E-state index is 0.0101. The number of nitrogens with one attached hydrogen (secondary N) is 1. The van der Waals surface area contributed by atoms with E-state index in [0.717, 1.165) is 18.2 Å². The maximum atomic E-state index is 13.3. The number of nitrogens with zero attached hydrogens (tertiary/aromatic N) is 1. The van der Waals surface area contributed by atoms with Gasteiger partial charge in [-0.05, 0) is 6.07 Å². The highest BCUT2D eigenvalue weighted by molar-refractivity contribution is 5.70. The largest absolute Gasteiger partial charge is 0.467 e. The molecule has 0 aliphatic rings. The fraction of sp³-hybridized carbons (Fsp3) is 0.364. The number of methoxy groups -OCH3 is 1. The van der Waals surface area contributed by atoms with Gasteiger partial charge in [0.1, 0.15) is 12.4 Å². The summed E-state index contributed by atoms with van der Waals surface area (Å²) in [7, 11) is 1.24. The number of nitro benzene ring substituents is 1. The average molecular weight is 272 g/mol. The van der Waals surface area contributed by atoms with Crippen LogP contribution in [0, 0.1) is 15.9 Å². The van der Waals surface area contributed by atoms with E-state index >= 15 is 0 Å². The van der Waals surface area contributed by atoms with Gasteiger partial charge in [0.15, 0.2) is 0 Å². The topological polar surface area (TPSA) is 90.7 Å². The summed E-state index contributed by atoms with van der Waals surface area (Å²) in [5.41, 5.74) is -0.199. The first-order chi connectivity index (χ1) is 9.04. The van der Waals surface area contributed by atoms with E-state index in [1.807, 2.05) is 0 Å². The summed E-state index contributed by atoms with van der Waals surface area (Å²) in [5.74, 6) is -1.11. The van der Waals surface area contributed by atoms with E-state index < -0.39 is 16.7 Å². The van der Waals surface area contributed by atoms with Gasteiger partial charge < -0.3 is 14.8 Å². The van der Waals surface area contributed by atoms with Gasteiger partial charge in [0.25, 0.3) is 5.69 Å². The van der Waals surface area contributed by atoms with Gasteiger partial charge in [-0.2, -0.15) is 0 Å². The Bertz CT molecular complexity index is 466. The highest BCUT2D eigenvalue weighted by Crippen LogP contribution is 2.20. The van der Waals surface area contributed by atoms with Crippen LogP contribution in [0.3, 0.4) is 0 Å².